The van der Waals surface area contributed by atoms with Gasteiger partial charge in [0, 0.05) is 16.1 Å². The summed E-state index contributed by atoms with van der Waals surface area (Å²) >= 11 is 3.47. The topological polar surface area (TPSA) is 65.1 Å². The first-order chi connectivity index (χ1) is 16.8. The molecule has 8 heteroatoms. The van der Waals surface area contributed by atoms with Gasteiger partial charge in [0.2, 0.25) is 0 Å². The van der Waals surface area contributed by atoms with E-state index in [0.29, 0.717) is 16.9 Å². The molecule has 1 fully saturated rings. The number of rotatable bonds is 8. The van der Waals surface area contributed by atoms with E-state index in [0.717, 1.165) is 10.0 Å². The van der Waals surface area contributed by atoms with Gasteiger partial charge >= 0.3 is 12.1 Å². The average molecular weight is 542 g/mol. The van der Waals surface area contributed by atoms with Crippen molar-refractivity contribution >= 4 is 28.0 Å². The first kappa shape index (κ1) is 24.7. The Morgan fingerprint density at radius 2 is 1.89 bits per heavy atom. The monoisotopic (exact) mass is 541 g/mol. The van der Waals surface area contributed by atoms with E-state index in [1.165, 1.54) is 12.1 Å². The molecule has 0 aromatic heterocycles. The highest BCUT2D eigenvalue weighted by Gasteiger charge is 2.39. The Morgan fingerprint density at radius 1 is 1.11 bits per heavy atom. The summed E-state index contributed by atoms with van der Waals surface area (Å²) in [6.45, 7) is 4.15. The standard InChI is InChI=1S/C27H25BrFNO5/c1-3-33-25(31)13-18-11-22(29)15-23(12-18)34-24-10-9-21(28)14-20(24)16-30-17(2)26(35-27(30)32)19-7-5-4-6-8-19/h4-12,14-15,17,26H,3,13,16H2,1-2H3/t17-,26-/m1/s1. The smallest absolute Gasteiger partial charge is 0.411 e. The van der Waals surface area contributed by atoms with Crippen molar-refractivity contribution < 1.29 is 28.2 Å². The van der Waals surface area contributed by atoms with Gasteiger partial charge in [-0.25, -0.2) is 9.18 Å². The molecule has 0 spiro atoms. The number of hydrogen-bond donors (Lipinski definition) is 0. The highest BCUT2D eigenvalue weighted by Crippen LogP contribution is 2.36. The van der Waals surface area contributed by atoms with Gasteiger partial charge in [-0.3, -0.25) is 9.69 Å². The van der Waals surface area contributed by atoms with Crippen molar-refractivity contribution in [1.29, 1.82) is 0 Å². The van der Waals surface area contributed by atoms with Crippen LogP contribution in [-0.2, 0) is 27.2 Å². The Kier molecular flexibility index (Phi) is 7.70. The number of amides is 1. The number of cyclic esters (lactones) is 1. The fourth-order valence-electron chi connectivity index (χ4n) is 4.04. The van der Waals surface area contributed by atoms with Crippen molar-refractivity contribution in [3.05, 3.63) is 93.7 Å². The molecule has 0 N–H and O–H groups in total. The summed E-state index contributed by atoms with van der Waals surface area (Å²) < 4.78 is 31.7. The number of benzene rings is 3. The van der Waals surface area contributed by atoms with Crippen LogP contribution in [0, 0.1) is 5.82 Å². The van der Waals surface area contributed by atoms with Gasteiger partial charge in [0.1, 0.15) is 23.4 Å². The van der Waals surface area contributed by atoms with Crippen molar-refractivity contribution in [2.75, 3.05) is 6.61 Å². The van der Waals surface area contributed by atoms with E-state index in [2.05, 4.69) is 15.9 Å². The molecule has 2 atom stereocenters. The molecular formula is C27H25BrFNO5. The van der Waals surface area contributed by atoms with Gasteiger partial charge in [0.25, 0.3) is 0 Å². The van der Waals surface area contributed by atoms with E-state index in [-0.39, 0.29) is 37.5 Å². The lowest BCUT2D eigenvalue weighted by Crippen LogP contribution is -2.31. The fourth-order valence-corrected chi connectivity index (χ4v) is 4.45. The van der Waals surface area contributed by atoms with Crippen molar-refractivity contribution in [3.8, 4) is 11.5 Å². The van der Waals surface area contributed by atoms with Gasteiger partial charge in [0.05, 0.1) is 25.6 Å². The maximum absolute atomic E-state index is 14.3. The molecule has 0 bridgehead atoms. The van der Waals surface area contributed by atoms with Crippen LogP contribution in [0.4, 0.5) is 9.18 Å². The predicted octanol–water partition coefficient (Wildman–Crippen LogP) is 6.57. The van der Waals surface area contributed by atoms with Crippen LogP contribution in [0.25, 0.3) is 0 Å². The van der Waals surface area contributed by atoms with Crippen molar-refractivity contribution in [2.24, 2.45) is 0 Å². The maximum atomic E-state index is 14.3. The van der Waals surface area contributed by atoms with Gasteiger partial charge in [0.15, 0.2) is 0 Å². The third-order valence-electron chi connectivity index (χ3n) is 5.70. The summed E-state index contributed by atoms with van der Waals surface area (Å²) in [7, 11) is 0. The highest BCUT2D eigenvalue weighted by molar-refractivity contribution is 9.10. The number of halogens is 2. The number of ether oxygens (including phenoxy) is 3. The van der Waals surface area contributed by atoms with Crippen LogP contribution in [0.5, 0.6) is 11.5 Å². The molecule has 0 radical (unpaired) electrons. The fraction of sp³-hybridized carbons (Fsp3) is 0.259. The van der Waals surface area contributed by atoms with E-state index < -0.39 is 17.9 Å². The van der Waals surface area contributed by atoms with Gasteiger partial charge in [-0.1, -0.05) is 46.3 Å². The summed E-state index contributed by atoms with van der Waals surface area (Å²) in [4.78, 5) is 26.2. The second-order valence-electron chi connectivity index (χ2n) is 8.21. The van der Waals surface area contributed by atoms with E-state index in [1.807, 2.05) is 43.3 Å². The Bertz CT molecular complexity index is 1220. The van der Waals surface area contributed by atoms with Crippen LogP contribution < -0.4 is 4.74 Å². The molecule has 1 aliphatic heterocycles. The van der Waals surface area contributed by atoms with Crippen LogP contribution in [0.2, 0.25) is 0 Å². The molecule has 3 aromatic rings. The minimum Gasteiger partial charge on any atom is -0.466 e. The zero-order valence-electron chi connectivity index (χ0n) is 19.4. The zero-order valence-corrected chi connectivity index (χ0v) is 21.0. The number of hydrogen-bond acceptors (Lipinski definition) is 5. The lowest BCUT2D eigenvalue weighted by atomic mass is 10.0. The molecular weight excluding hydrogens is 517 g/mol. The van der Waals surface area contributed by atoms with Crippen LogP contribution in [-0.4, -0.2) is 29.6 Å². The Balaban J connectivity index is 1.56. The first-order valence-corrected chi connectivity index (χ1v) is 12.1. The molecule has 1 heterocycles. The quantitative estimate of drug-likeness (QED) is 0.302. The van der Waals surface area contributed by atoms with Crippen LogP contribution in [0.1, 0.15) is 36.6 Å². The highest BCUT2D eigenvalue weighted by atomic mass is 79.9. The second kappa shape index (κ2) is 10.9. The summed E-state index contributed by atoms with van der Waals surface area (Å²) in [5, 5.41) is 0. The third kappa shape index (κ3) is 6.00. The number of nitrogens with zero attached hydrogens (tertiary/aromatic N) is 1. The molecule has 1 amide bonds. The number of esters is 1. The Morgan fingerprint density at radius 3 is 2.63 bits per heavy atom. The van der Waals surface area contributed by atoms with Gasteiger partial charge in [-0.05, 0) is 55.3 Å². The molecule has 1 saturated heterocycles. The van der Waals surface area contributed by atoms with Crippen molar-refractivity contribution in [3.63, 3.8) is 0 Å². The second-order valence-corrected chi connectivity index (χ2v) is 9.13. The van der Waals surface area contributed by atoms with Crippen LogP contribution in [0.15, 0.2) is 71.2 Å². The van der Waals surface area contributed by atoms with Gasteiger partial charge < -0.3 is 14.2 Å². The molecule has 182 valence electrons. The molecule has 4 rings (SSSR count). The Hall–Kier alpha value is -3.39. The lowest BCUT2D eigenvalue weighted by molar-refractivity contribution is -0.142. The largest absolute Gasteiger partial charge is 0.466 e. The molecule has 35 heavy (non-hydrogen) atoms. The SMILES string of the molecule is CCOC(=O)Cc1cc(F)cc(Oc2ccc(Br)cc2CN2C(=O)O[C@@H](c3ccccc3)[C@H]2C)c1. The van der Waals surface area contributed by atoms with Crippen LogP contribution >= 0.6 is 15.9 Å². The first-order valence-electron chi connectivity index (χ1n) is 11.3. The van der Waals surface area contributed by atoms with E-state index >= 15 is 0 Å². The van der Waals surface area contributed by atoms with Crippen LogP contribution in [0.3, 0.4) is 0 Å². The normalized spacial score (nSPS) is 17.3. The zero-order chi connectivity index (χ0) is 24.9. The minimum atomic E-state index is -0.525. The average Bonchev–Trinajstić information content (AvgIpc) is 3.09. The third-order valence-corrected chi connectivity index (χ3v) is 6.19. The predicted molar refractivity (Wildman–Crippen MR) is 132 cm³/mol. The van der Waals surface area contributed by atoms with Gasteiger partial charge in [-0.2, -0.15) is 0 Å². The molecule has 0 unspecified atom stereocenters. The lowest BCUT2D eigenvalue weighted by Gasteiger charge is -2.22. The maximum Gasteiger partial charge on any atom is 0.411 e. The molecule has 0 saturated carbocycles. The van der Waals surface area contributed by atoms with E-state index in [9.17, 15) is 14.0 Å². The summed E-state index contributed by atoms with van der Waals surface area (Å²) in [6.07, 6.45) is -0.860. The molecule has 3 aromatic carbocycles. The van der Waals surface area contributed by atoms with Crippen molar-refractivity contribution in [2.45, 2.75) is 39.0 Å². The molecule has 6 nitrogen and oxygen atoms in total. The summed E-state index contributed by atoms with van der Waals surface area (Å²) in [5.41, 5.74) is 2.09. The summed E-state index contributed by atoms with van der Waals surface area (Å²) in [6, 6.07) is 18.9. The van der Waals surface area contributed by atoms with Gasteiger partial charge in [-0.15, -0.1) is 0 Å². The van der Waals surface area contributed by atoms with E-state index in [4.69, 9.17) is 14.2 Å². The molecule has 1 aliphatic rings. The Labute approximate surface area is 211 Å². The summed E-state index contributed by atoms with van der Waals surface area (Å²) in [5.74, 6) is -0.262. The number of carbonyl (C=O) groups is 2. The molecule has 0 aliphatic carbocycles. The number of carbonyl (C=O) groups excluding carboxylic acids is 2. The van der Waals surface area contributed by atoms with E-state index in [1.54, 1.807) is 30.0 Å². The minimum absolute atomic E-state index is 0.0623. The van der Waals surface area contributed by atoms with Crippen molar-refractivity contribution in [1.82, 2.24) is 4.90 Å².